The fraction of sp³-hybridized carbons (Fsp3) is 0.476. The topological polar surface area (TPSA) is 64.1 Å². The lowest BCUT2D eigenvalue weighted by Crippen LogP contribution is -2.13. The minimum absolute atomic E-state index is 0.115. The van der Waals surface area contributed by atoms with E-state index in [4.69, 9.17) is 9.72 Å². The molecule has 1 saturated carbocycles. The maximum Gasteiger partial charge on any atom is 0.222 e. The van der Waals surface area contributed by atoms with Gasteiger partial charge in [-0.15, -0.1) is 0 Å². The number of hydrogen-bond acceptors (Lipinski definition) is 4. The lowest BCUT2D eigenvalue weighted by atomic mass is 9.86. The van der Waals surface area contributed by atoms with Crippen LogP contribution in [0.4, 0.5) is 5.82 Å². The van der Waals surface area contributed by atoms with Crippen LogP contribution in [0, 0.1) is 5.92 Å². The zero-order valence-electron chi connectivity index (χ0n) is 15.6. The van der Waals surface area contributed by atoms with Crippen LogP contribution in [0.25, 0.3) is 11.3 Å². The van der Waals surface area contributed by atoms with Crippen molar-refractivity contribution in [3.63, 3.8) is 0 Å². The van der Waals surface area contributed by atoms with Crippen molar-refractivity contribution in [1.82, 2.24) is 9.97 Å². The van der Waals surface area contributed by atoms with Gasteiger partial charge in [0.05, 0.1) is 24.7 Å². The highest BCUT2D eigenvalue weighted by Gasteiger charge is 2.16. The first-order valence-electron chi connectivity index (χ1n) is 9.43. The standard InChI is InChI=1S/C21H27N3O2/c1-15(25)23-21-19(13-8-16-6-4-3-5-7-16)24-20(14-22-21)17-9-11-18(26-2)12-10-17/h9-12,14,16H,3-8,13H2,1-2H3,(H,22,23,25). The van der Waals surface area contributed by atoms with Gasteiger partial charge in [-0.05, 0) is 43.0 Å². The second kappa shape index (κ2) is 8.79. The summed E-state index contributed by atoms with van der Waals surface area (Å²) < 4.78 is 5.21. The lowest BCUT2D eigenvalue weighted by molar-refractivity contribution is -0.114. The number of carbonyl (C=O) groups is 1. The van der Waals surface area contributed by atoms with Crippen molar-refractivity contribution in [2.75, 3.05) is 12.4 Å². The Balaban J connectivity index is 1.81. The molecule has 0 saturated heterocycles. The van der Waals surface area contributed by atoms with E-state index in [1.807, 2.05) is 24.3 Å². The van der Waals surface area contributed by atoms with E-state index in [1.165, 1.54) is 39.0 Å². The summed E-state index contributed by atoms with van der Waals surface area (Å²) in [5.74, 6) is 2.05. The van der Waals surface area contributed by atoms with Gasteiger partial charge in [-0.1, -0.05) is 32.1 Å². The van der Waals surface area contributed by atoms with Crippen LogP contribution in [0.1, 0.15) is 51.1 Å². The molecule has 0 bridgehead atoms. The van der Waals surface area contributed by atoms with Crippen molar-refractivity contribution in [3.05, 3.63) is 36.2 Å². The molecule has 1 N–H and O–H groups in total. The van der Waals surface area contributed by atoms with E-state index in [0.717, 1.165) is 41.5 Å². The van der Waals surface area contributed by atoms with Crippen LogP contribution in [0.5, 0.6) is 5.75 Å². The van der Waals surface area contributed by atoms with Crippen LogP contribution in [0.15, 0.2) is 30.5 Å². The Bertz CT molecular complexity index is 737. The van der Waals surface area contributed by atoms with Gasteiger partial charge in [-0.25, -0.2) is 9.97 Å². The van der Waals surface area contributed by atoms with E-state index in [2.05, 4.69) is 10.3 Å². The van der Waals surface area contributed by atoms with E-state index in [0.29, 0.717) is 5.82 Å². The number of nitrogens with one attached hydrogen (secondary N) is 1. The zero-order chi connectivity index (χ0) is 18.4. The fourth-order valence-corrected chi connectivity index (χ4v) is 3.59. The molecule has 1 aromatic heterocycles. The predicted molar refractivity (Wildman–Crippen MR) is 103 cm³/mol. The van der Waals surface area contributed by atoms with Crippen molar-refractivity contribution >= 4 is 11.7 Å². The number of aryl methyl sites for hydroxylation is 1. The van der Waals surface area contributed by atoms with Gasteiger partial charge in [0.1, 0.15) is 5.75 Å². The number of methoxy groups -OCH3 is 1. The monoisotopic (exact) mass is 353 g/mol. The smallest absolute Gasteiger partial charge is 0.222 e. The molecule has 0 spiro atoms. The number of carbonyl (C=O) groups excluding carboxylic acids is 1. The summed E-state index contributed by atoms with van der Waals surface area (Å²) >= 11 is 0. The van der Waals surface area contributed by atoms with E-state index < -0.39 is 0 Å². The SMILES string of the molecule is COc1ccc(-c2cnc(NC(C)=O)c(CCC3CCCCC3)n2)cc1. The molecular formula is C21H27N3O2. The number of aromatic nitrogens is 2. The summed E-state index contributed by atoms with van der Waals surface area (Å²) in [4.78, 5) is 20.8. The van der Waals surface area contributed by atoms with Crippen LogP contribution in [0.2, 0.25) is 0 Å². The van der Waals surface area contributed by atoms with Gasteiger partial charge in [0, 0.05) is 12.5 Å². The number of nitrogens with zero attached hydrogens (tertiary/aromatic N) is 2. The average Bonchev–Trinajstić information content (AvgIpc) is 2.68. The molecule has 1 aliphatic rings. The first-order valence-corrected chi connectivity index (χ1v) is 9.43. The third kappa shape index (κ3) is 4.81. The summed E-state index contributed by atoms with van der Waals surface area (Å²) in [5.41, 5.74) is 2.69. The number of hydrogen-bond donors (Lipinski definition) is 1. The fourth-order valence-electron chi connectivity index (χ4n) is 3.59. The van der Waals surface area contributed by atoms with Gasteiger partial charge in [-0.3, -0.25) is 4.79 Å². The second-order valence-electron chi connectivity index (χ2n) is 7.00. The highest BCUT2D eigenvalue weighted by molar-refractivity contribution is 5.88. The van der Waals surface area contributed by atoms with Gasteiger partial charge in [-0.2, -0.15) is 0 Å². The molecule has 1 aromatic carbocycles. The highest BCUT2D eigenvalue weighted by atomic mass is 16.5. The number of amides is 1. The Labute approximate surface area is 155 Å². The zero-order valence-corrected chi connectivity index (χ0v) is 15.6. The maximum atomic E-state index is 11.5. The molecule has 1 heterocycles. The molecule has 138 valence electrons. The normalized spacial score (nSPS) is 14.8. The minimum atomic E-state index is -0.115. The Kier molecular flexibility index (Phi) is 6.21. The van der Waals surface area contributed by atoms with Crippen molar-refractivity contribution in [1.29, 1.82) is 0 Å². The van der Waals surface area contributed by atoms with Crippen LogP contribution < -0.4 is 10.1 Å². The molecule has 5 nitrogen and oxygen atoms in total. The number of benzene rings is 1. The van der Waals surface area contributed by atoms with Gasteiger partial charge >= 0.3 is 0 Å². The largest absolute Gasteiger partial charge is 0.497 e. The summed E-state index contributed by atoms with van der Waals surface area (Å²) in [5, 5.41) is 2.83. The quantitative estimate of drug-likeness (QED) is 0.823. The molecular weight excluding hydrogens is 326 g/mol. The van der Waals surface area contributed by atoms with Gasteiger partial charge < -0.3 is 10.1 Å². The van der Waals surface area contributed by atoms with Crippen molar-refractivity contribution in [2.45, 2.75) is 51.9 Å². The van der Waals surface area contributed by atoms with E-state index in [1.54, 1.807) is 13.3 Å². The van der Waals surface area contributed by atoms with Crippen molar-refractivity contribution in [2.24, 2.45) is 5.92 Å². The minimum Gasteiger partial charge on any atom is -0.497 e. The van der Waals surface area contributed by atoms with Crippen LogP contribution in [-0.4, -0.2) is 23.0 Å². The molecule has 0 radical (unpaired) electrons. The van der Waals surface area contributed by atoms with Gasteiger partial charge in [0.2, 0.25) is 5.91 Å². The molecule has 26 heavy (non-hydrogen) atoms. The molecule has 0 atom stereocenters. The van der Waals surface area contributed by atoms with Crippen molar-refractivity contribution < 1.29 is 9.53 Å². The number of rotatable bonds is 6. The molecule has 0 unspecified atom stereocenters. The summed E-state index contributed by atoms with van der Waals surface area (Å²) in [7, 11) is 1.65. The Morgan fingerprint density at radius 2 is 1.92 bits per heavy atom. The van der Waals surface area contributed by atoms with Crippen LogP contribution in [0.3, 0.4) is 0 Å². The molecule has 5 heteroatoms. The maximum absolute atomic E-state index is 11.5. The van der Waals surface area contributed by atoms with Crippen LogP contribution >= 0.6 is 0 Å². The third-order valence-corrected chi connectivity index (χ3v) is 5.04. The predicted octanol–water partition coefficient (Wildman–Crippen LogP) is 4.62. The summed E-state index contributed by atoms with van der Waals surface area (Å²) in [6.07, 6.45) is 10.3. The summed E-state index contributed by atoms with van der Waals surface area (Å²) in [6, 6.07) is 7.79. The van der Waals surface area contributed by atoms with E-state index in [9.17, 15) is 4.79 Å². The van der Waals surface area contributed by atoms with E-state index in [-0.39, 0.29) is 5.91 Å². The first kappa shape index (κ1) is 18.4. The van der Waals surface area contributed by atoms with E-state index >= 15 is 0 Å². The van der Waals surface area contributed by atoms with Gasteiger partial charge in [0.25, 0.3) is 0 Å². The molecule has 0 aliphatic heterocycles. The number of ether oxygens (including phenoxy) is 1. The number of anilines is 1. The average molecular weight is 353 g/mol. The van der Waals surface area contributed by atoms with Crippen LogP contribution in [-0.2, 0) is 11.2 Å². The lowest BCUT2D eigenvalue weighted by Gasteiger charge is -2.21. The Hall–Kier alpha value is -2.43. The first-order chi connectivity index (χ1) is 12.7. The molecule has 1 fully saturated rings. The molecule has 1 amide bonds. The Morgan fingerprint density at radius 3 is 2.58 bits per heavy atom. The summed E-state index contributed by atoms with van der Waals surface area (Å²) in [6.45, 7) is 1.50. The molecule has 3 rings (SSSR count). The third-order valence-electron chi connectivity index (χ3n) is 5.04. The highest BCUT2D eigenvalue weighted by Crippen LogP contribution is 2.29. The van der Waals surface area contributed by atoms with Gasteiger partial charge in [0.15, 0.2) is 5.82 Å². The second-order valence-corrected chi connectivity index (χ2v) is 7.00. The molecule has 1 aliphatic carbocycles. The molecule has 2 aromatic rings. The Morgan fingerprint density at radius 1 is 1.19 bits per heavy atom. The van der Waals surface area contributed by atoms with Crippen molar-refractivity contribution in [3.8, 4) is 17.0 Å².